The molecule has 1 aliphatic rings. The van der Waals surface area contributed by atoms with Crippen molar-refractivity contribution in [3.05, 3.63) is 29.3 Å². The first-order valence-corrected chi connectivity index (χ1v) is 8.70. The number of carbonyl (C=O) groups is 2. The highest BCUT2D eigenvalue weighted by atomic mass is 32.2. The van der Waals surface area contributed by atoms with Gasteiger partial charge in [-0.2, -0.15) is 4.31 Å². The van der Waals surface area contributed by atoms with E-state index in [-0.39, 0.29) is 10.5 Å². The minimum Gasteiger partial charge on any atom is -0.478 e. The van der Waals surface area contributed by atoms with Gasteiger partial charge >= 0.3 is 5.97 Å². The third-order valence-electron chi connectivity index (χ3n) is 4.57. The molecule has 7 nitrogen and oxygen atoms in total. The Labute approximate surface area is 135 Å². The zero-order valence-electron chi connectivity index (χ0n) is 13.1. The fourth-order valence-electron chi connectivity index (χ4n) is 3.06. The SMILES string of the molecule is Cc1ccc(C(=O)O)cc1S(=O)(=O)N(C)C1(C(N)=O)CCCC1. The van der Waals surface area contributed by atoms with E-state index in [1.165, 1.54) is 19.2 Å². The summed E-state index contributed by atoms with van der Waals surface area (Å²) in [6.07, 6.45) is 2.18. The van der Waals surface area contributed by atoms with Gasteiger partial charge in [-0.1, -0.05) is 18.9 Å². The van der Waals surface area contributed by atoms with E-state index in [0.29, 0.717) is 18.4 Å². The molecule has 1 aromatic carbocycles. The molecule has 1 fully saturated rings. The van der Waals surface area contributed by atoms with Crippen LogP contribution >= 0.6 is 0 Å². The first-order valence-electron chi connectivity index (χ1n) is 7.26. The zero-order chi connectivity index (χ0) is 17.4. The van der Waals surface area contributed by atoms with Gasteiger partial charge in [-0.05, 0) is 37.5 Å². The molecule has 23 heavy (non-hydrogen) atoms. The highest BCUT2D eigenvalue weighted by Crippen LogP contribution is 2.38. The van der Waals surface area contributed by atoms with E-state index in [2.05, 4.69) is 0 Å². The number of likely N-dealkylation sites (N-methyl/N-ethyl adjacent to an activating group) is 1. The Morgan fingerprint density at radius 3 is 2.30 bits per heavy atom. The van der Waals surface area contributed by atoms with E-state index in [4.69, 9.17) is 10.8 Å². The minimum atomic E-state index is -4.04. The maximum absolute atomic E-state index is 12.9. The van der Waals surface area contributed by atoms with E-state index in [0.717, 1.165) is 23.2 Å². The van der Waals surface area contributed by atoms with Gasteiger partial charge in [0.25, 0.3) is 0 Å². The van der Waals surface area contributed by atoms with Crippen molar-refractivity contribution in [2.45, 2.75) is 43.0 Å². The number of carbonyl (C=O) groups excluding carboxylic acids is 1. The number of rotatable bonds is 5. The third kappa shape index (κ3) is 2.84. The van der Waals surface area contributed by atoms with Gasteiger partial charge in [0.15, 0.2) is 0 Å². The van der Waals surface area contributed by atoms with Gasteiger partial charge in [-0.3, -0.25) is 4.79 Å². The molecule has 1 amide bonds. The number of aromatic carboxylic acids is 1. The molecule has 126 valence electrons. The topological polar surface area (TPSA) is 118 Å². The molecule has 0 bridgehead atoms. The van der Waals surface area contributed by atoms with Crippen molar-refractivity contribution >= 4 is 21.9 Å². The van der Waals surface area contributed by atoms with Crippen LogP contribution in [0.1, 0.15) is 41.6 Å². The molecule has 0 atom stereocenters. The van der Waals surface area contributed by atoms with Gasteiger partial charge in [0.05, 0.1) is 10.5 Å². The molecule has 8 heteroatoms. The molecule has 0 radical (unpaired) electrons. The van der Waals surface area contributed by atoms with E-state index < -0.39 is 27.4 Å². The summed E-state index contributed by atoms with van der Waals surface area (Å²) in [5.41, 5.74) is 4.53. The number of hydrogen-bond donors (Lipinski definition) is 2. The average molecular weight is 340 g/mol. The highest BCUT2D eigenvalue weighted by molar-refractivity contribution is 7.89. The second-order valence-electron chi connectivity index (χ2n) is 5.86. The highest BCUT2D eigenvalue weighted by Gasteiger charge is 2.48. The van der Waals surface area contributed by atoms with Crippen LogP contribution in [0.4, 0.5) is 0 Å². The summed E-state index contributed by atoms with van der Waals surface area (Å²) in [4.78, 5) is 22.9. The van der Waals surface area contributed by atoms with Crippen molar-refractivity contribution in [1.82, 2.24) is 4.31 Å². The minimum absolute atomic E-state index is 0.118. The summed E-state index contributed by atoms with van der Waals surface area (Å²) >= 11 is 0. The van der Waals surface area contributed by atoms with Crippen molar-refractivity contribution in [1.29, 1.82) is 0 Å². The van der Waals surface area contributed by atoms with Crippen LogP contribution in [0, 0.1) is 6.92 Å². The summed E-state index contributed by atoms with van der Waals surface area (Å²) < 4.78 is 26.9. The molecule has 0 spiro atoms. The quantitative estimate of drug-likeness (QED) is 0.832. The summed E-state index contributed by atoms with van der Waals surface area (Å²) in [7, 11) is -2.71. The summed E-state index contributed by atoms with van der Waals surface area (Å²) in [6, 6.07) is 3.90. The molecular formula is C15H20N2O5S. The molecule has 0 aliphatic heterocycles. The largest absolute Gasteiger partial charge is 0.478 e. The lowest BCUT2D eigenvalue weighted by Gasteiger charge is -2.35. The molecule has 0 heterocycles. The Kier molecular flexibility index (Phi) is 4.50. The van der Waals surface area contributed by atoms with Crippen LogP contribution in [0.25, 0.3) is 0 Å². The number of amides is 1. The molecule has 0 aromatic heterocycles. The lowest BCUT2D eigenvalue weighted by Crippen LogP contribution is -2.56. The number of nitrogens with zero attached hydrogens (tertiary/aromatic N) is 1. The monoisotopic (exact) mass is 340 g/mol. The van der Waals surface area contributed by atoms with E-state index in [9.17, 15) is 18.0 Å². The zero-order valence-corrected chi connectivity index (χ0v) is 13.9. The Morgan fingerprint density at radius 2 is 1.83 bits per heavy atom. The van der Waals surface area contributed by atoms with Crippen LogP contribution in [-0.4, -0.2) is 42.3 Å². The third-order valence-corrected chi connectivity index (χ3v) is 6.63. The number of carboxylic acid groups (broad SMARTS) is 1. The first kappa shape index (κ1) is 17.4. The van der Waals surface area contributed by atoms with E-state index in [1.807, 2.05) is 0 Å². The van der Waals surface area contributed by atoms with Crippen molar-refractivity contribution in [3.8, 4) is 0 Å². The lowest BCUT2D eigenvalue weighted by molar-refractivity contribution is -0.126. The van der Waals surface area contributed by atoms with Crippen LogP contribution in [-0.2, 0) is 14.8 Å². The molecule has 1 aromatic rings. The van der Waals surface area contributed by atoms with Crippen molar-refractivity contribution in [2.75, 3.05) is 7.05 Å². The molecule has 0 saturated heterocycles. The molecule has 3 N–H and O–H groups in total. The van der Waals surface area contributed by atoms with Gasteiger partial charge in [-0.25, -0.2) is 13.2 Å². The number of benzene rings is 1. The molecule has 1 saturated carbocycles. The molecular weight excluding hydrogens is 320 g/mol. The maximum Gasteiger partial charge on any atom is 0.335 e. The van der Waals surface area contributed by atoms with Crippen LogP contribution < -0.4 is 5.73 Å². The van der Waals surface area contributed by atoms with Crippen molar-refractivity contribution in [3.63, 3.8) is 0 Å². The Hall–Kier alpha value is -1.93. The van der Waals surface area contributed by atoms with Crippen LogP contribution in [0.15, 0.2) is 23.1 Å². The second kappa shape index (κ2) is 5.93. The molecule has 0 unspecified atom stereocenters. The van der Waals surface area contributed by atoms with E-state index >= 15 is 0 Å². The number of sulfonamides is 1. The van der Waals surface area contributed by atoms with Gasteiger partial charge in [0.1, 0.15) is 5.54 Å². The average Bonchev–Trinajstić information content (AvgIpc) is 2.97. The summed E-state index contributed by atoms with van der Waals surface area (Å²) in [6.45, 7) is 1.58. The predicted molar refractivity (Wildman–Crippen MR) is 83.5 cm³/mol. The first-order chi connectivity index (χ1) is 10.6. The lowest BCUT2D eigenvalue weighted by atomic mass is 9.97. The fraction of sp³-hybridized carbons (Fsp3) is 0.467. The van der Waals surface area contributed by atoms with Crippen molar-refractivity contribution < 1.29 is 23.1 Å². The normalized spacial score (nSPS) is 17.3. The number of primary amides is 1. The van der Waals surface area contributed by atoms with Gasteiger partial charge in [0, 0.05) is 7.05 Å². The second-order valence-corrected chi connectivity index (χ2v) is 7.80. The van der Waals surface area contributed by atoms with E-state index in [1.54, 1.807) is 6.92 Å². The number of carboxylic acids is 1. The number of aryl methyl sites for hydroxylation is 1. The summed E-state index contributed by atoms with van der Waals surface area (Å²) in [5, 5.41) is 9.07. The Morgan fingerprint density at radius 1 is 1.26 bits per heavy atom. The predicted octanol–water partition coefficient (Wildman–Crippen LogP) is 1.11. The molecule has 1 aliphatic carbocycles. The van der Waals surface area contributed by atoms with Gasteiger partial charge < -0.3 is 10.8 Å². The smallest absolute Gasteiger partial charge is 0.335 e. The number of hydrogen-bond acceptors (Lipinski definition) is 4. The Balaban J connectivity index is 2.56. The Bertz CT molecular complexity index is 751. The van der Waals surface area contributed by atoms with Crippen molar-refractivity contribution in [2.24, 2.45) is 5.73 Å². The standard InChI is InChI=1S/C15H20N2O5S/c1-10-5-6-11(13(18)19)9-12(10)23(21,22)17(2)15(14(16)20)7-3-4-8-15/h5-6,9H,3-4,7-8H2,1-2H3,(H2,16,20)(H,18,19). The van der Waals surface area contributed by atoms with Gasteiger partial charge in [-0.15, -0.1) is 0 Å². The van der Waals surface area contributed by atoms with Crippen LogP contribution in [0.2, 0.25) is 0 Å². The van der Waals surface area contributed by atoms with Crippen LogP contribution in [0.5, 0.6) is 0 Å². The molecule has 2 rings (SSSR count). The fourth-order valence-corrected chi connectivity index (χ4v) is 4.84. The summed E-state index contributed by atoms with van der Waals surface area (Å²) in [5.74, 6) is -1.89. The van der Waals surface area contributed by atoms with Gasteiger partial charge in [0.2, 0.25) is 15.9 Å². The maximum atomic E-state index is 12.9. The van der Waals surface area contributed by atoms with Crippen LogP contribution in [0.3, 0.4) is 0 Å². The number of nitrogens with two attached hydrogens (primary N) is 1.